The van der Waals surface area contributed by atoms with Crippen LogP contribution in [0.15, 0.2) is 11.6 Å². The highest BCUT2D eigenvalue weighted by atomic mass is 28.4. The van der Waals surface area contributed by atoms with Crippen molar-refractivity contribution in [1.82, 2.24) is 0 Å². The fourth-order valence-corrected chi connectivity index (χ4v) is 10.3. The van der Waals surface area contributed by atoms with Crippen LogP contribution in [0.2, 0.25) is 19.6 Å². The first kappa shape index (κ1) is 24.2. The molecule has 0 radical (unpaired) electrons. The van der Waals surface area contributed by atoms with Gasteiger partial charge in [0.05, 0.1) is 6.07 Å². The molecule has 4 fully saturated rings. The maximum atomic E-state index is 14.1. The Kier molecular flexibility index (Phi) is 6.34. The zero-order valence-corrected chi connectivity index (χ0v) is 22.5. The molecule has 178 valence electrons. The minimum atomic E-state index is -1.59. The lowest BCUT2D eigenvalue weighted by atomic mass is 9.43. The van der Waals surface area contributed by atoms with Crippen LogP contribution in [0.25, 0.3) is 0 Å². The summed E-state index contributed by atoms with van der Waals surface area (Å²) in [7, 11) is -1.59. The van der Waals surface area contributed by atoms with E-state index in [2.05, 4.69) is 59.5 Å². The Labute approximate surface area is 197 Å². The number of nitriles is 1. The molecule has 0 spiro atoms. The van der Waals surface area contributed by atoms with Crippen molar-refractivity contribution in [2.24, 2.45) is 46.3 Å². The van der Waals surface area contributed by atoms with Crippen LogP contribution in [-0.4, -0.2) is 20.2 Å². The van der Waals surface area contributed by atoms with E-state index in [0.29, 0.717) is 47.9 Å². The van der Waals surface area contributed by atoms with E-state index in [-0.39, 0.29) is 16.7 Å². The van der Waals surface area contributed by atoms with Gasteiger partial charge in [0.25, 0.3) is 0 Å². The van der Waals surface area contributed by atoms with Gasteiger partial charge in [0.1, 0.15) is 0 Å². The number of carbonyl (C=O) groups is 1. The minimum absolute atomic E-state index is 0.190. The smallest absolute Gasteiger partial charge is 0.184 e. The monoisotopic (exact) mass is 455 g/mol. The van der Waals surface area contributed by atoms with E-state index in [4.69, 9.17) is 4.43 Å². The molecule has 0 bridgehead atoms. The van der Waals surface area contributed by atoms with E-state index in [1.807, 2.05) is 0 Å². The Morgan fingerprint density at radius 1 is 1.12 bits per heavy atom. The Morgan fingerprint density at radius 3 is 2.41 bits per heavy atom. The molecule has 0 saturated heterocycles. The predicted molar refractivity (Wildman–Crippen MR) is 132 cm³/mol. The molecule has 32 heavy (non-hydrogen) atoms. The summed E-state index contributed by atoms with van der Waals surface area (Å²) >= 11 is 0. The molecule has 4 saturated carbocycles. The number of nitrogens with zero attached hydrogens (tertiary/aromatic N) is 1. The summed E-state index contributed by atoms with van der Waals surface area (Å²) in [6, 6.07) is 2.42. The van der Waals surface area contributed by atoms with Gasteiger partial charge < -0.3 is 4.43 Å². The van der Waals surface area contributed by atoms with Crippen LogP contribution < -0.4 is 0 Å². The molecular formula is C28H45NO2Si. The summed E-state index contributed by atoms with van der Waals surface area (Å²) < 4.78 is 6.56. The lowest BCUT2D eigenvalue weighted by molar-refractivity contribution is -0.149. The van der Waals surface area contributed by atoms with Crippen molar-refractivity contribution >= 4 is 14.1 Å². The standard InChI is InChI=1S/C28H45NO2Si/c1-8-20-24-17-19(31-32(5,6)7)11-14-28(24,4)23-12-15-27(3)21(18(2)13-16-29)9-10-22(27)25(23)26(20)30/h8,18-19,21-25H,9-15,17H2,1-7H3/b20-8+/t18-,19?,21-,22+,23+,24+,25+,27-,28-/m1/s1. The summed E-state index contributed by atoms with van der Waals surface area (Å²) in [4.78, 5) is 14.1. The Bertz CT molecular complexity index is 822. The van der Waals surface area contributed by atoms with Crippen molar-refractivity contribution in [3.63, 3.8) is 0 Å². The lowest BCUT2D eigenvalue weighted by Crippen LogP contribution is -2.58. The molecule has 9 atom stereocenters. The van der Waals surface area contributed by atoms with Gasteiger partial charge in [-0.1, -0.05) is 26.8 Å². The highest BCUT2D eigenvalue weighted by molar-refractivity contribution is 6.69. The second-order valence-corrected chi connectivity index (χ2v) is 17.6. The van der Waals surface area contributed by atoms with Gasteiger partial charge in [0.2, 0.25) is 0 Å². The molecule has 0 aromatic carbocycles. The van der Waals surface area contributed by atoms with E-state index in [1.165, 1.54) is 32.1 Å². The first-order valence-electron chi connectivity index (χ1n) is 13.2. The van der Waals surface area contributed by atoms with Gasteiger partial charge in [-0.05, 0) is 118 Å². The van der Waals surface area contributed by atoms with E-state index in [9.17, 15) is 10.1 Å². The van der Waals surface area contributed by atoms with Gasteiger partial charge in [-0.15, -0.1) is 0 Å². The quantitative estimate of drug-likeness (QED) is 0.334. The number of fused-ring (bicyclic) bond motifs is 5. The van der Waals surface area contributed by atoms with E-state index >= 15 is 0 Å². The second kappa shape index (κ2) is 8.38. The van der Waals surface area contributed by atoms with Gasteiger partial charge in [-0.25, -0.2) is 0 Å². The number of ketones is 1. The molecule has 4 aliphatic rings. The molecule has 3 nitrogen and oxygen atoms in total. The van der Waals surface area contributed by atoms with E-state index in [1.54, 1.807) is 0 Å². The average molecular weight is 456 g/mol. The first-order valence-corrected chi connectivity index (χ1v) is 16.6. The first-order chi connectivity index (χ1) is 15.0. The van der Waals surface area contributed by atoms with Crippen molar-refractivity contribution in [2.45, 2.75) is 105 Å². The maximum absolute atomic E-state index is 14.1. The van der Waals surface area contributed by atoms with Crippen molar-refractivity contribution in [1.29, 1.82) is 5.26 Å². The Morgan fingerprint density at radius 2 is 1.78 bits per heavy atom. The summed E-state index contributed by atoms with van der Waals surface area (Å²) in [5.74, 6) is 3.04. The number of carbonyl (C=O) groups excluding carboxylic acids is 1. The van der Waals surface area contributed by atoms with Crippen LogP contribution >= 0.6 is 0 Å². The average Bonchev–Trinajstić information content (AvgIpc) is 3.06. The number of hydrogen-bond acceptors (Lipinski definition) is 3. The van der Waals surface area contributed by atoms with Crippen LogP contribution in [-0.2, 0) is 9.22 Å². The molecule has 1 unspecified atom stereocenters. The van der Waals surface area contributed by atoms with Gasteiger partial charge in [-0.2, -0.15) is 5.26 Å². The molecule has 4 heteroatoms. The summed E-state index contributed by atoms with van der Waals surface area (Å²) in [6.45, 7) is 16.2. The van der Waals surface area contributed by atoms with Gasteiger partial charge in [-0.3, -0.25) is 4.79 Å². The van der Waals surface area contributed by atoms with Crippen molar-refractivity contribution in [3.05, 3.63) is 11.6 Å². The number of Topliss-reactive ketones (excluding diaryl/α,β-unsaturated/α-hetero) is 1. The van der Waals surface area contributed by atoms with Crippen LogP contribution in [0, 0.1) is 57.7 Å². The molecule has 0 aromatic rings. The molecule has 4 aliphatic carbocycles. The Balaban J connectivity index is 1.65. The van der Waals surface area contributed by atoms with Crippen molar-refractivity contribution in [2.75, 3.05) is 0 Å². The van der Waals surface area contributed by atoms with Gasteiger partial charge >= 0.3 is 0 Å². The number of rotatable bonds is 4. The highest BCUT2D eigenvalue weighted by Gasteiger charge is 2.64. The van der Waals surface area contributed by atoms with Crippen LogP contribution in [0.3, 0.4) is 0 Å². The normalized spacial score (nSPS) is 46.2. The van der Waals surface area contributed by atoms with Crippen molar-refractivity contribution < 1.29 is 9.22 Å². The fraction of sp³-hybridized carbons (Fsp3) is 0.857. The van der Waals surface area contributed by atoms with Crippen LogP contribution in [0.5, 0.6) is 0 Å². The molecule has 0 aliphatic heterocycles. The molecule has 0 amide bonds. The second-order valence-electron chi connectivity index (χ2n) is 13.1. The minimum Gasteiger partial charge on any atom is -0.415 e. The van der Waals surface area contributed by atoms with Crippen LogP contribution in [0.4, 0.5) is 0 Å². The topological polar surface area (TPSA) is 50.1 Å². The Hall–Kier alpha value is -0.923. The zero-order valence-electron chi connectivity index (χ0n) is 21.5. The van der Waals surface area contributed by atoms with E-state index in [0.717, 1.165) is 18.4 Å². The summed E-state index contributed by atoms with van der Waals surface area (Å²) in [5, 5.41) is 9.31. The molecule has 4 rings (SSSR count). The third kappa shape index (κ3) is 3.76. The summed E-state index contributed by atoms with van der Waals surface area (Å²) in [5.41, 5.74) is 1.56. The highest BCUT2D eigenvalue weighted by Crippen LogP contribution is 2.68. The third-order valence-electron chi connectivity index (χ3n) is 10.4. The van der Waals surface area contributed by atoms with Crippen LogP contribution in [0.1, 0.15) is 79.1 Å². The fourth-order valence-electron chi connectivity index (χ4n) is 9.04. The van der Waals surface area contributed by atoms with Gasteiger partial charge in [0, 0.05) is 18.4 Å². The van der Waals surface area contributed by atoms with E-state index < -0.39 is 8.32 Å². The largest absolute Gasteiger partial charge is 0.415 e. The molecular weight excluding hydrogens is 410 g/mol. The molecule has 0 heterocycles. The predicted octanol–water partition coefficient (Wildman–Crippen LogP) is 7.15. The molecule has 0 N–H and O–H groups in total. The third-order valence-corrected chi connectivity index (χ3v) is 11.4. The zero-order chi connectivity index (χ0) is 23.5. The van der Waals surface area contributed by atoms with Crippen molar-refractivity contribution in [3.8, 4) is 6.07 Å². The number of hydrogen-bond donors (Lipinski definition) is 0. The molecule has 0 aromatic heterocycles. The summed E-state index contributed by atoms with van der Waals surface area (Å²) in [6.07, 6.45) is 11.3. The SMILES string of the molecule is C/C=C1/C(=O)[C@@H]2[C@H](CC[C@]3(C)[C@@H]([C@H](C)CC#N)CC[C@@H]23)[C@@]2(C)CCC(O[Si](C)(C)C)C[C@@H]12. The van der Waals surface area contributed by atoms with Gasteiger partial charge in [0.15, 0.2) is 14.1 Å². The maximum Gasteiger partial charge on any atom is 0.184 e. The lowest BCUT2D eigenvalue weighted by Gasteiger charge is -2.61. The number of allylic oxidation sites excluding steroid dienone is 2.